The molecule has 1 fully saturated rings. The highest BCUT2D eigenvalue weighted by Crippen LogP contribution is 2.30. The summed E-state index contributed by atoms with van der Waals surface area (Å²) in [6.07, 6.45) is -1.37. The van der Waals surface area contributed by atoms with Gasteiger partial charge in [-0.1, -0.05) is 0 Å². The number of carbonyl (C=O) groups is 1. The number of aryl methyl sites for hydroxylation is 1. The Morgan fingerprint density at radius 3 is 2.76 bits per heavy atom. The smallest absolute Gasteiger partial charge is 0.256 e. The van der Waals surface area contributed by atoms with E-state index in [4.69, 9.17) is 9.84 Å². The Morgan fingerprint density at radius 1 is 1.31 bits per heavy atom. The number of piperidine rings is 1. The summed E-state index contributed by atoms with van der Waals surface area (Å²) in [7, 11) is 0. The molecule has 2 aromatic rings. The van der Waals surface area contributed by atoms with Gasteiger partial charge in [0.2, 0.25) is 0 Å². The minimum Gasteiger partial charge on any atom is -0.487 e. The van der Waals surface area contributed by atoms with Gasteiger partial charge < -0.3 is 19.6 Å². The second-order valence-electron chi connectivity index (χ2n) is 7.43. The molecule has 1 saturated heterocycles. The van der Waals surface area contributed by atoms with Crippen LogP contribution in [-0.4, -0.2) is 59.4 Å². The van der Waals surface area contributed by atoms with Gasteiger partial charge in [0.15, 0.2) is 6.17 Å². The van der Waals surface area contributed by atoms with Gasteiger partial charge in [-0.2, -0.15) is 0 Å². The fraction of sp³-hybridized carbons (Fsp3) is 0.429. The Morgan fingerprint density at radius 2 is 2.07 bits per heavy atom. The van der Waals surface area contributed by atoms with Crippen LogP contribution in [0.2, 0.25) is 0 Å². The van der Waals surface area contributed by atoms with Crippen molar-refractivity contribution < 1.29 is 23.4 Å². The van der Waals surface area contributed by atoms with Gasteiger partial charge in [0.05, 0.1) is 31.0 Å². The first-order chi connectivity index (χ1) is 14.0. The van der Waals surface area contributed by atoms with E-state index < -0.39 is 12.3 Å². The minimum atomic E-state index is -1.23. The maximum atomic E-state index is 14.8. The number of β-amino-alcohol motifs (C(OH)–C–C–N with tert-alkyl or cyclic N) is 1. The van der Waals surface area contributed by atoms with Crippen LogP contribution in [-0.2, 0) is 6.54 Å². The van der Waals surface area contributed by atoms with Crippen molar-refractivity contribution in [2.75, 3.05) is 31.1 Å². The van der Waals surface area contributed by atoms with Crippen molar-refractivity contribution in [1.82, 2.24) is 9.88 Å². The fourth-order valence-corrected chi connectivity index (χ4v) is 3.89. The van der Waals surface area contributed by atoms with Crippen LogP contribution in [0.1, 0.15) is 28.0 Å². The number of pyridine rings is 1. The number of amides is 1. The van der Waals surface area contributed by atoms with Gasteiger partial charge in [-0.15, -0.1) is 0 Å². The van der Waals surface area contributed by atoms with E-state index in [9.17, 15) is 13.6 Å². The number of aromatic nitrogens is 1. The number of alkyl halides is 1. The molecule has 1 N–H and O–H groups in total. The van der Waals surface area contributed by atoms with Gasteiger partial charge in [-0.3, -0.25) is 4.79 Å². The number of benzene rings is 1. The minimum absolute atomic E-state index is 0.101. The lowest BCUT2D eigenvalue weighted by Gasteiger charge is -2.36. The van der Waals surface area contributed by atoms with Crippen molar-refractivity contribution in [2.24, 2.45) is 0 Å². The molecule has 3 heterocycles. The van der Waals surface area contributed by atoms with Crippen LogP contribution >= 0.6 is 0 Å². The highest BCUT2D eigenvalue weighted by Gasteiger charge is 2.34. The number of aliphatic hydroxyl groups excluding tert-OH is 1. The van der Waals surface area contributed by atoms with Crippen LogP contribution in [0, 0.1) is 12.7 Å². The Labute approximate surface area is 167 Å². The molecule has 0 bridgehead atoms. The zero-order valence-electron chi connectivity index (χ0n) is 16.1. The van der Waals surface area contributed by atoms with Crippen LogP contribution in [0.25, 0.3) is 0 Å². The molecule has 1 aromatic heterocycles. The molecule has 8 heteroatoms. The third-order valence-corrected chi connectivity index (χ3v) is 5.38. The summed E-state index contributed by atoms with van der Waals surface area (Å²) >= 11 is 0. The van der Waals surface area contributed by atoms with Crippen LogP contribution in [0.4, 0.5) is 14.6 Å². The Balaban J connectivity index is 1.46. The Hall–Kier alpha value is -2.74. The molecule has 4 rings (SSSR count). The summed E-state index contributed by atoms with van der Waals surface area (Å²) in [6, 6.07) is 7.37. The summed E-state index contributed by atoms with van der Waals surface area (Å²) in [5.74, 6) is 0.622. The highest BCUT2D eigenvalue weighted by atomic mass is 19.1. The van der Waals surface area contributed by atoms with E-state index in [1.165, 1.54) is 24.3 Å². The van der Waals surface area contributed by atoms with Crippen molar-refractivity contribution >= 4 is 11.7 Å². The first-order valence-corrected chi connectivity index (χ1v) is 9.68. The summed E-state index contributed by atoms with van der Waals surface area (Å²) in [5, 5.41) is 9.12. The van der Waals surface area contributed by atoms with E-state index in [1.54, 1.807) is 11.0 Å². The molecule has 0 aliphatic carbocycles. The monoisotopic (exact) mass is 403 g/mol. The lowest BCUT2D eigenvalue weighted by Crippen LogP contribution is -2.47. The zero-order chi connectivity index (χ0) is 20.5. The van der Waals surface area contributed by atoms with Gasteiger partial charge in [0.1, 0.15) is 23.5 Å². The van der Waals surface area contributed by atoms with E-state index in [2.05, 4.69) is 4.98 Å². The predicted molar refractivity (Wildman–Crippen MR) is 103 cm³/mol. The summed E-state index contributed by atoms with van der Waals surface area (Å²) in [5.41, 5.74) is 2.02. The van der Waals surface area contributed by atoms with E-state index >= 15 is 0 Å². The summed E-state index contributed by atoms with van der Waals surface area (Å²) in [6.45, 7) is 3.07. The second-order valence-corrected chi connectivity index (χ2v) is 7.43. The SMILES string of the molecule is Cc1cc2c(nc1N1CCC(Oc3ccc(F)cc3)[C@@H](F)C1)CN(CCO)C2=O. The number of halogens is 2. The van der Waals surface area contributed by atoms with Crippen molar-refractivity contribution in [3.8, 4) is 5.75 Å². The fourth-order valence-electron chi connectivity index (χ4n) is 3.89. The number of carbonyl (C=O) groups excluding carboxylic acids is 1. The third kappa shape index (κ3) is 3.89. The van der Waals surface area contributed by atoms with E-state index in [-0.39, 0.29) is 31.4 Å². The molecule has 29 heavy (non-hydrogen) atoms. The van der Waals surface area contributed by atoms with Gasteiger partial charge in [0.25, 0.3) is 5.91 Å². The van der Waals surface area contributed by atoms with Gasteiger partial charge in [-0.05, 0) is 42.8 Å². The molecule has 0 saturated carbocycles. The first kappa shape index (κ1) is 19.6. The lowest BCUT2D eigenvalue weighted by molar-refractivity contribution is 0.0745. The standard InChI is InChI=1S/C21H23F2N3O3/c1-13-10-16-18(12-26(8-9-27)21(16)28)24-20(13)25-7-6-19(17(23)11-25)29-15-4-2-14(22)3-5-15/h2-5,10,17,19,27H,6-9,11-12H2,1H3/t17-,19?/m0/s1. The molecule has 0 radical (unpaired) electrons. The zero-order valence-corrected chi connectivity index (χ0v) is 16.1. The molecular formula is C21H23F2N3O3. The van der Waals surface area contributed by atoms with Crippen molar-refractivity contribution in [1.29, 1.82) is 0 Å². The van der Waals surface area contributed by atoms with Crippen LogP contribution in [0.3, 0.4) is 0 Å². The molecule has 2 atom stereocenters. The van der Waals surface area contributed by atoms with E-state index in [0.717, 1.165) is 5.56 Å². The Kier molecular flexibility index (Phi) is 5.36. The average molecular weight is 403 g/mol. The van der Waals surface area contributed by atoms with Gasteiger partial charge >= 0.3 is 0 Å². The molecule has 6 nitrogen and oxygen atoms in total. The number of hydrogen-bond acceptors (Lipinski definition) is 5. The molecule has 154 valence electrons. The highest BCUT2D eigenvalue weighted by molar-refractivity contribution is 5.98. The number of hydrogen-bond donors (Lipinski definition) is 1. The number of rotatable bonds is 5. The van der Waals surface area contributed by atoms with Crippen LogP contribution < -0.4 is 9.64 Å². The lowest BCUT2D eigenvalue weighted by atomic mass is 10.0. The van der Waals surface area contributed by atoms with Gasteiger partial charge in [-0.25, -0.2) is 13.8 Å². The summed E-state index contributed by atoms with van der Waals surface area (Å²) < 4.78 is 33.5. The quantitative estimate of drug-likeness (QED) is 0.831. The number of nitrogens with zero attached hydrogens (tertiary/aromatic N) is 3. The summed E-state index contributed by atoms with van der Waals surface area (Å²) in [4.78, 5) is 20.5. The van der Waals surface area contributed by atoms with Crippen molar-refractivity contribution in [3.05, 3.63) is 53.0 Å². The molecule has 1 aromatic carbocycles. The molecular weight excluding hydrogens is 380 g/mol. The molecule has 2 aliphatic rings. The first-order valence-electron chi connectivity index (χ1n) is 9.68. The molecule has 1 unspecified atom stereocenters. The largest absolute Gasteiger partial charge is 0.487 e. The number of fused-ring (bicyclic) bond motifs is 1. The van der Waals surface area contributed by atoms with Crippen molar-refractivity contribution in [2.45, 2.75) is 32.2 Å². The molecule has 1 amide bonds. The maximum Gasteiger partial charge on any atom is 0.256 e. The number of ether oxygens (including phenoxy) is 1. The normalized spacial score (nSPS) is 21.4. The van der Waals surface area contributed by atoms with E-state index in [0.29, 0.717) is 42.3 Å². The Bertz CT molecular complexity index is 907. The predicted octanol–water partition coefficient (Wildman–Crippen LogP) is 2.47. The van der Waals surface area contributed by atoms with Crippen LogP contribution in [0.5, 0.6) is 5.75 Å². The van der Waals surface area contributed by atoms with E-state index in [1.807, 2.05) is 11.8 Å². The van der Waals surface area contributed by atoms with Crippen LogP contribution in [0.15, 0.2) is 30.3 Å². The molecule has 2 aliphatic heterocycles. The maximum absolute atomic E-state index is 14.8. The average Bonchev–Trinajstić information content (AvgIpc) is 3.00. The second kappa shape index (κ2) is 7.94. The topological polar surface area (TPSA) is 65.9 Å². The number of aliphatic hydroxyl groups is 1. The molecule has 0 spiro atoms. The van der Waals surface area contributed by atoms with Crippen molar-refractivity contribution in [3.63, 3.8) is 0 Å². The third-order valence-electron chi connectivity index (χ3n) is 5.38. The number of anilines is 1. The van der Waals surface area contributed by atoms with Gasteiger partial charge in [0, 0.05) is 19.5 Å².